The van der Waals surface area contributed by atoms with E-state index < -0.39 is 10.1 Å². The summed E-state index contributed by atoms with van der Waals surface area (Å²) in [4.78, 5) is 0. The van der Waals surface area contributed by atoms with E-state index in [2.05, 4.69) is 12.1 Å². The first-order chi connectivity index (χ1) is 7.46. The average molecular weight is 240 g/mol. The summed E-state index contributed by atoms with van der Waals surface area (Å²) in [6.07, 6.45) is 2.67. The molecule has 1 aromatic carbocycles. The lowest BCUT2D eigenvalue weighted by atomic mass is 10.0. The summed E-state index contributed by atoms with van der Waals surface area (Å²) in [5.41, 5.74) is 2.63. The van der Waals surface area contributed by atoms with Crippen molar-refractivity contribution in [3.8, 4) is 0 Å². The summed E-state index contributed by atoms with van der Waals surface area (Å²) < 4.78 is 27.1. The topological polar surface area (TPSA) is 43.4 Å². The zero-order valence-corrected chi connectivity index (χ0v) is 10.3. The molecule has 0 aromatic heterocycles. The predicted octanol–water partition coefficient (Wildman–Crippen LogP) is 1.77. The minimum absolute atomic E-state index is 0.248. The summed E-state index contributed by atoms with van der Waals surface area (Å²) in [6, 6.07) is 8.23. The quantitative estimate of drug-likeness (QED) is 0.756. The van der Waals surface area contributed by atoms with E-state index in [-0.39, 0.29) is 12.0 Å². The molecule has 2 rings (SSSR count). The van der Waals surface area contributed by atoms with Crippen molar-refractivity contribution in [2.75, 3.05) is 6.26 Å². The molecule has 1 aliphatic carbocycles. The average Bonchev–Trinajstić information content (AvgIpc) is 2.58. The highest BCUT2D eigenvalue weighted by Gasteiger charge is 2.28. The molecule has 0 spiro atoms. The molecule has 1 unspecified atom stereocenters. The zero-order valence-electron chi connectivity index (χ0n) is 9.51. The molecule has 4 heteroatoms. The van der Waals surface area contributed by atoms with Crippen LogP contribution in [0.15, 0.2) is 24.3 Å². The second kappa shape index (κ2) is 4.18. The fraction of sp³-hybridized carbons (Fsp3) is 0.500. The molecule has 1 aliphatic rings. The Balaban J connectivity index is 2.06. The lowest BCUT2D eigenvalue weighted by Gasteiger charge is -2.17. The van der Waals surface area contributed by atoms with Gasteiger partial charge in [-0.15, -0.1) is 0 Å². The molecule has 0 heterocycles. The van der Waals surface area contributed by atoms with Crippen LogP contribution in [0.5, 0.6) is 0 Å². The van der Waals surface area contributed by atoms with Crippen LogP contribution in [0.3, 0.4) is 0 Å². The lowest BCUT2D eigenvalue weighted by Crippen LogP contribution is -2.24. The highest BCUT2D eigenvalue weighted by Crippen LogP contribution is 2.30. The fourth-order valence-electron chi connectivity index (χ4n) is 2.28. The van der Waals surface area contributed by atoms with Gasteiger partial charge in [0.15, 0.2) is 0 Å². The van der Waals surface area contributed by atoms with Gasteiger partial charge in [0.2, 0.25) is 0 Å². The second-order valence-corrected chi connectivity index (χ2v) is 6.04. The van der Waals surface area contributed by atoms with Gasteiger partial charge in [-0.25, -0.2) is 0 Å². The summed E-state index contributed by atoms with van der Waals surface area (Å²) in [6.45, 7) is 1.83. The third kappa shape index (κ3) is 2.62. The van der Waals surface area contributed by atoms with E-state index in [1.807, 2.05) is 19.1 Å². The van der Waals surface area contributed by atoms with Gasteiger partial charge < -0.3 is 0 Å². The molecule has 1 aromatic rings. The van der Waals surface area contributed by atoms with Crippen molar-refractivity contribution < 1.29 is 12.6 Å². The molecule has 0 bridgehead atoms. The zero-order chi connectivity index (χ0) is 11.8. The number of hydrogen-bond acceptors (Lipinski definition) is 3. The molecular formula is C12H16O3S. The molecule has 0 amide bonds. The molecule has 88 valence electrons. The van der Waals surface area contributed by atoms with E-state index in [0.29, 0.717) is 0 Å². The third-order valence-corrected chi connectivity index (χ3v) is 3.73. The fourth-order valence-corrected chi connectivity index (χ4v) is 2.99. The van der Waals surface area contributed by atoms with E-state index >= 15 is 0 Å². The van der Waals surface area contributed by atoms with Gasteiger partial charge >= 0.3 is 0 Å². The minimum Gasteiger partial charge on any atom is -0.267 e. The number of benzene rings is 1. The van der Waals surface area contributed by atoms with Crippen molar-refractivity contribution in [2.24, 2.45) is 5.92 Å². The van der Waals surface area contributed by atoms with Crippen LogP contribution >= 0.6 is 0 Å². The van der Waals surface area contributed by atoms with Gasteiger partial charge in [-0.2, -0.15) is 8.42 Å². The minimum atomic E-state index is -3.35. The van der Waals surface area contributed by atoms with Crippen LogP contribution in [0.4, 0.5) is 0 Å². The number of hydrogen-bond donors (Lipinski definition) is 0. The van der Waals surface area contributed by atoms with Crippen LogP contribution in [0, 0.1) is 5.92 Å². The lowest BCUT2D eigenvalue weighted by molar-refractivity contribution is 0.165. The summed E-state index contributed by atoms with van der Waals surface area (Å²) in [5, 5.41) is 0. The van der Waals surface area contributed by atoms with E-state index in [0.717, 1.165) is 19.1 Å². The first-order valence-electron chi connectivity index (χ1n) is 5.41. The molecule has 1 atom stereocenters. The largest absolute Gasteiger partial charge is 0.267 e. The number of rotatable bonds is 3. The summed E-state index contributed by atoms with van der Waals surface area (Å²) >= 11 is 0. The van der Waals surface area contributed by atoms with Gasteiger partial charge in [-0.3, -0.25) is 4.18 Å². The maximum Gasteiger partial charge on any atom is 0.264 e. The summed E-state index contributed by atoms with van der Waals surface area (Å²) in [5.74, 6) is 0.270. The van der Waals surface area contributed by atoms with Crippen molar-refractivity contribution >= 4 is 10.1 Å². The number of fused-ring (bicyclic) bond motifs is 1. The van der Waals surface area contributed by atoms with E-state index in [1.165, 1.54) is 11.1 Å². The Morgan fingerprint density at radius 2 is 1.75 bits per heavy atom. The summed E-state index contributed by atoms with van der Waals surface area (Å²) in [7, 11) is -3.35. The van der Waals surface area contributed by atoms with Crippen LogP contribution in [0.2, 0.25) is 0 Å². The molecule has 3 nitrogen and oxygen atoms in total. The van der Waals surface area contributed by atoms with Crippen molar-refractivity contribution in [1.29, 1.82) is 0 Å². The Kier molecular flexibility index (Phi) is 3.04. The first-order valence-corrected chi connectivity index (χ1v) is 7.22. The van der Waals surface area contributed by atoms with Gasteiger partial charge in [-0.05, 0) is 36.8 Å². The van der Waals surface area contributed by atoms with Crippen LogP contribution < -0.4 is 0 Å². The monoisotopic (exact) mass is 240 g/mol. The van der Waals surface area contributed by atoms with E-state index in [9.17, 15) is 8.42 Å². The Morgan fingerprint density at radius 1 is 1.25 bits per heavy atom. The molecule has 0 aliphatic heterocycles. The van der Waals surface area contributed by atoms with E-state index in [1.54, 1.807) is 0 Å². The Bertz CT molecular complexity index is 454. The Morgan fingerprint density at radius 3 is 2.19 bits per heavy atom. The Labute approximate surface area is 96.6 Å². The van der Waals surface area contributed by atoms with Gasteiger partial charge in [0.05, 0.1) is 12.4 Å². The SMILES string of the molecule is CC(OS(C)(=O)=O)C1Cc2ccccc2C1. The highest BCUT2D eigenvalue weighted by molar-refractivity contribution is 7.86. The third-order valence-electron chi connectivity index (χ3n) is 3.07. The standard InChI is InChI=1S/C12H16O3S/c1-9(15-16(2,13)14)12-7-10-5-3-4-6-11(10)8-12/h3-6,9,12H,7-8H2,1-2H3. The molecular weight excluding hydrogens is 224 g/mol. The van der Waals surface area contributed by atoms with Crippen LogP contribution in [-0.2, 0) is 27.1 Å². The van der Waals surface area contributed by atoms with Gasteiger partial charge in [0.1, 0.15) is 0 Å². The van der Waals surface area contributed by atoms with Crippen LogP contribution in [0.25, 0.3) is 0 Å². The molecule has 16 heavy (non-hydrogen) atoms. The van der Waals surface area contributed by atoms with Crippen molar-refractivity contribution in [1.82, 2.24) is 0 Å². The predicted molar refractivity (Wildman–Crippen MR) is 62.7 cm³/mol. The molecule has 0 fully saturated rings. The molecule has 0 saturated heterocycles. The molecule has 0 radical (unpaired) electrons. The van der Waals surface area contributed by atoms with E-state index in [4.69, 9.17) is 4.18 Å². The van der Waals surface area contributed by atoms with Gasteiger partial charge in [0, 0.05) is 0 Å². The second-order valence-electron chi connectivity index (χ2n) is 4.44. The van der Waals surface area contributed by atoms with Crippen molar-refractivity contribution in [3.63, 3.8) is 0 Å². The van der Waals surface area contributed by atoms with Crippen LogP contribution in [0.1, 0.15) is 18.1 Å². The maximum atomic E-state index is 11.0. The molecule has 0 saturated carbocycles. The van der Waals surface area contributed by atoms with Crippen LogP contribution in [-0.4, -0.2) is 20.8 Å². The normalized spacial score (nSPS) is 18.4. The maximum absolute atomic E-state index is 11.0. The smallest absolute Gasteiger partial charge is 0.264 e. The Hall–Kier alpha value is -0.870. The van der Waals surface area contributed by atoms with Crippen molar-refractivity contribution in [2.45, 2.75) is 25.9 Å². The van der Waals surface area contributed by atoms with Gasteiger partial charge in [-0.1, -0.05) is 24.3 Å². The molecule has 0 N–H and O–H groups in total. The van der Waals surface area contributed by atoms with Gasteiger partial charge in [0.25, 0.3) is 10.1 Å². The highest BCUT2D eigenvalue weighted by atomic mass is 32.2. The first kappa shape index (κ1) is 11.6. The van der Waals surface area contributed by atoms with Crippen molar-refractivity contribution in [3.05, 3.63) is 35.4 Å².